The van der Waals surface area contributed by atoms with E-state index in [-0.39, 0.29) is 29.2 Å². The third-order valence-electron chi connectivity index (χ3n) is 6.14. The fourth-order valence-corrected chi connectivity index (χ4v) is 5.69. The Bertz CT molecular complexity index is 1740. The van der Waals surface area contributed by atoms with Crippen molar-refractivity contribution in [2.45, 2.75) is 6.92 Å². The maximum atomic E-state index is 13.7. The number of ether oxygens (including phenoxy) is 2. The van der Waals surface area contributed by atoms with E-state index in [4.69, 9.17) is 49.3 Å². The number of carbonyl (C=O) groups is 2. The Hall–Kier alpha value is -3.95. The Labute approximate surface area is 268 Å². The molecule has 11 heteroatoms. The lowest BCUT2D eigenvalue weighted by atomic mass is 10.1. The third-order valence-corrected chi connectivity index (χ3v) is 7.90. The predicted molar refractivity (Wildman–Crippen MR) is 176 cm³/mol. The molecule has 2 amide bonds. The van der Waals surface area contributed by atoms with Crippen molar-refractivity contribution in [1.82, 2.24) is 0 Å². The maximum absolute atomic E-state index is 13.7. The molecule has 0 atom stereocenters. The Balaban J connectivity index is 1.40. The zero-order valence-corrected chi connectivity index (χ0v) is 26.0. The average molecular weight is 653 g/mol. The summed E-state index contributed by atoms with van der Waals surface area (Å²) in [4.78, 5) is 32.8. The standard InChI is InChI=1S/C32H24Cl3N3O4S/c1-19-4-3-5-24(14-19)36-29(39)18-42-30-26(35)15-20(16-27(30)41-2)17-28-31(40)38(25-12-8-22(34)9-13-25)32(43-28)37-23-10-6-21(33)7-11-23/h3-17H,18H2,1-2H3,(H,36,39)/b28-17-,37-32?. The van der Waals surface area contributed by atoms with Gasteiger partial charge in [-0.1, -0.05) is 46.9 Å². The lowest BCUT2D eigenvalue weighted by molar-refractivity contribution is -0.118. The van der Waals surface area contributed by atoms with Gasteiger partial charge in [-0.05, 0) is 109 Å². The number of anilines is 2. The lowest BCUT2D eigenvalue weighted by Gasteiger charge is -2.15. The van der Waals surface area contributed by atoms with Crippen LogP contribution in [0.25, 0.3) is 6.08 Å². The molecule has 43 heavy (non-hydrogen) atoms. The van der Waals surface area contributed by atoms with E-state index >= 15 is 0 Å². The smallest absolute Gasteiger partial charge is 0.271 e. The lowest BCUT2D eigenvalue weighted by Crippen LogP contribution is -2.28. The first-order chi connectivity index (χ1) is 20.7. The van der Waals surface area contributed by atoms with E-state index in [0.717, 1.165) is 5.56 Å². The van der Waals surface area contributed by atoms with Gasteiger partial charge in [0.1, 0.15) is 0 Å². The number of benzene rings is 4. The first-order valence-electron chi connectivity index (χ1n) is 12.9. The molecule has 1 saturated heterocycles. The van der Waals surface area contributed by atoms with Gasteiger partial charge in [0, 0.05) is 15.7 Å². The molecule has 0 radical (unpaired) electrons. The summed E-state index contributed by atoms with van der Waals surface area (Å²) in [6.45, 7) is 1.66. The molecule has 0 spiro atoms. The first-order valence-corrected chi connectivity index (χ1v) is 14.9. The molecule has 4 aromatic carbocycles. The van der Waals surface area contributed by atoms with Crippen LogP contribution >= 0.6 is 46.6 Å². The van der Waals surface area contributed by atoms with Crippen molar-refractivity contribution in [2.75, 3.05) is 23.9 Å². The zero-order valence-electron chi connectivity index (χ0n) is 22.9. The molecule has 1 heterocycles. The van der Waals surface area contributed by atoms with Crippen LogP contribution in [0.3, 0.4) is 0 Å². The number of aryl methyl sites for hydroxylation is 1. The van der Waals surface area contributed by atoms with E-state index in [1.165, 1.54) is 23.8 Å². The van der Waals surface area contributed by atoms with E-state index in [1.807, 2.05) is 25.1 Å². The van der Waals surface area contributed by atoms with Crippen molar-refractivity contribution in [2.24, 2.45) is 4.99 Å². The number of amidine groups is 1. The first kappa shape index (κ1) is 30.5. The Morgan fingerprint density at radius 3 is 2.35 bits per heavy atom. The van der Waals surface area contributed by atoms with E-state index < -0.39 is 0 Å². The second-order valence-electron chi connectivity index (χ2n) is 9.34. The van der Waals surface area contributed by atoms with Gasteiger partial charge in [0.25, 0.3) is 11.8 Å². The third kappa shape index (κ3) is 7.53. The van der Waals surface area contributed by atoms with Crippen molar-refractivity contribution in [3.05, 3.63) is 116 Å². The largest absolute Gasteiger partial charge is 0.493 e. The van der Waals surface area contributed by atoms with E-state index in [0.29, 0.717) is 48.5 Å². The average Bonchev–Trinajstić information content (AvgIpc) is 3.27. The number of hydrogen-bond acceptors (Lipinski definition) is 6. The van der Waals surface area contributed by atoms with Gasteiger partial charge in [0.2, 0.25) is 0 Å². The molecule has 0 aromatic heterocycles. The molecule has 4 aromatic rings. The SMILES string of the molecule is COc1cc(/C=C2\SC(=Nc3ccc(Cl)cc3)N(c3ccc(Cl)cc3)C2=O)cc(Cl)c1OCC(=O)Nc1cccc(C)c1. The minimum absolute atomic E-state index is 0.212. The molecule has 218 valence electrons. The molecule has 1 aliphatic heterocycles. The zero-order chi connectivity index (χ0) is 30.5. The number of carbonyl (C=O) groups excluding carboxylic acids is 2. The van der Waals surface area contributed by atoms with Crippen LogP contribution in [-0.4, -0.2) is 30.7 Å². The van der Waals surface area contributed by atoms with Gasteiger partial charge in [-0.2, -0.15) is 0 Å². The maximum Gasteiger partial charge on any atom is 0.271 e. The van der Waals surface area contributed by atoms with Crippen LogP contribution in [0.5, 0.6) is 11.5 Å². The Morgan fingerprint density at radius 2 is 1.67 bits per heavy atom. The molecular formula is C32H24Cl3N3O4S. The molecule has 0 saturated carbocycles. The Morgan fingerprint density at radius 1 is 0.977 bits per heavy atom. The minimum Gasteiger partial charge on any atom is -0.493 e. The number of rotatable bonds is 8. The number of halogens is 3. The second kappa shape index (κ2) is 13.6. The summed E-state index contributed by atoms with van der Waals surface area (Å²) in [7, 11) is 1.47. The van der Waals surface area contributed by atoms with Crippen LogP contribution < -0.4 is 19.7 Å². The minimum atomic E-state index is -0.349. The highest BCUT2D eigenvalue weighted by Crippen LogP contribution is 2.41. The van der Waals surface area contributed by atoms with Crippen LogP contribution in [0.4, 0.5) is 17.1 Å². The van der Waals surface area contributed by atoms with Crippen molar-refractivity contribution in [3.8, 4) is 11.5 Å². The number of aliphatic imine (C=N–C) groups is 1. The summed E-state index contributed by atoms with van der Waals surface area (Å²) in [5.74, 6) is -0.104. The molecule has 0 bridgehead atoms. The van der Waals surface area contributed by atoms with Crippen molar-refractivity contribution >= 4 is 86.7 Å². The van der Waals surface area contributed by atoms with Crippen molar-refractivity contribution in [1.29, 1.82) is 0 Å². The highest BCUT2D eigenvalue weighted by molar-refractivity contribution is 8.19. The van der Waals surface area contributed by atoms with Crippen LogP contribution in [0.15, 0.2) is 94.8 Å². The molecule has 1 aliphatic rings. The van der Waals surface area contributed by atoms with E-state index in [1.54, 1.807) is 72.8 Å². The van der Waals surface area contributed by atoms with Crippen LogP contribution in [-0.2, 0) is 9.59 Å². The normalized spacial score (nSPS) is 14.8. The summed E-state index contributed by atoms with van der Waals surface area (Å²) in [6.07, 6.45) is 1.70. The summed E-state index contributed by atoms with van der Waals surface area (Å²) < 4.78 is 11.3. The van der Waals surface area contributed by atoms with Crippen LogP contribution in [0, 0.1) is 6.92 Å². The number of methoxy groups -OCH3 is 1. The van der Waals surface area contributed by atoms with Gasteiger partial charge >= 0.3 is 0 Å². The Kier molecular flexibility index (Phi) is 9.62. The predicted octanol–water partition coefficient (Wildman–Crippen LogP) is 8.79. The quantitative estimate of drug-likeness (QED) is 0.193. The fraction of sp³-hybridized carbons (Fsp3) is 0.0938. The summed E-state index contributed by atoms with van der Waals surface area (Å²) in [5.41, 5.74) is 3.53. The highest BCUT2D eigenvalue weighted by atomic mass is 35.5. The van der Waals surface area contributed by atoms with E-state index in [9.17, 15) is 9.59 Å². The van der Waals surface area contributed by atoms with Gasteiger partial charge in [0.05, 0.1) is 28.4 Å². The molecule has 7 nitrogen and oxygen atoms in total. The summed E-state index contributed by atoms with van der Waals surface area (Å²) in [6, 6.07) is 24.7. The number of hydrogen-bond donors (Lipinski definition) is 1. The topological polar surface area (TPSA) is 80.2 Å². The van der Waals surface area contributed by atoms with Crippen molar-refractivity contribution < 1.29 is 19.1 Å². The number of nitrogens with zero attached hydrogens (tertiary/aromatic N) is 2. The number of nitrogens with one attached hydrogen (secondary N) is 1. The van der Waals surface area contributed by atoms with Gasteiger partial charge in [-0.25, -0.2) is 4.99 Å². The molecule has 1 N–H and O–H groups in total. The molecule has 5 rings (SSSR count). The fourth-order valence-electron chi connectivity index (χ4n) is 4.16. The van der Waals surface area contributed by atoms with Crippen LogP contribution in [0.2, 0.25) is 15.1 Å². The van der Waals surface area contributed by atoms with Gasteiger partial charge in [0.15, 0.2) is 23.3 Å². The van der Waals surface area contributed by atoms with E-state index in [2.05, 4.69) is 5.32 Å². The summed E-state index contributed by atoms with van der Waals surface area (Å²) in [5, 5.41) is 4.60. The van der Waals surface area contributed by atoms with Gasteiger partial charge < -0.3 is 14.8 Å². The highest BCUT2D eigenvalue weighted by Gasteiger charge is 2.35. The van der Waals surface area contributed by atoms with Crippen molar-refractivity contribution in [3.63, 3.8) is 0 Å². The number of thioether (sulfide) groups is 1. The van der Waals surface area contributed by atoms with Crippen LogP contribution in [0.1, 0.15) is 11.1 Å². The number of amides is 2. The molecule has 1 fully saturated rings. The van der Waals surface area contributed by atoms with Gasteiger partial charge in [-0.15, -0.1) is 0 Å². The summed E-state index contributed by atoms with van der Waals surface area (Å²) >= 11 is 19.9. The molecule has 0 aliphatic carbocycles. The van der Waals surface area contributed by atoms with Gasteiger partial charge in [-0.3, -0.25) is 14.5 Å². The molecular weight excluding hydrogens is 629 g/mol. The molecule has 0 unspecified atom stereocenters. The second-order valence-corrected chi connectivity index (χ2v) is 11.6. The monoisotopic (exact) mass is 651 g/mol.